The van der Waals surface area contributed by atoms with E-state index in [1.807, 2.05) is 18.2 Å². The van der Waals surface area contributed by atoms with Crippen molar-refractivity contribution in [3.63, 3.8) is 0 Å². The highest BCUT2D eigenvalue weighted by Gasteiger charge is 2.35. The number of nitrogens with two attached hydrogens (primary N) is 1. The standard InChI is InChI=1S/C14H19NO/c15-14(10-4-5-11-14)13(16)9-8-12-6-2-1-3-7-12/h1-3,6-7H,4-5,8-11,15H2. The molecule has 0 saturated heterocycles. The Bertz CT molecular complexity index is 352. The average molecular weight is 217 g/mol. The third-order valence-electron chi connectivity index (χ3n) is 3.53. The van der Waals surface area contributed by atoms with Crippen molar-refractivity contribution >= 4 is 5.78 Å². The maximum atomic E-state index is 12.0. The zero-order valence-corrected chi connectivity index (χ0v) is 9.61. The fourth-order valence-electron chi connectivity index (χ4n) is 2.44. The van der Waals surface area contributed by atoms with E-state index in [-0.39, 0.29) is 5.78 Å². The summed E-state index contributed by atoms with van der Waals surface area (Å²) in [7, 11) is 0. The highest BCUT2D eigenvalue weighted by Crippen LogP contribution is 2.29. The normalized spacial score (nSPS) is 18.6. The van der Waals surface area contributed by atoms with Crippen molar-refractivity contribution in [2.75, 3.05) is 0 Å². The molecule has 1 aliphatic carbocycles. The molecule has 0 aliphatic heterocycles. The van der Waals surface area contributed by atoms with Crippen LogP contribution in [0.5, 0.6) is 0 Å². The summed E-state index contributed by atoms with van der Waals surface area (Å²) < 4.78 is 0. The molecule has 1 aromatic rings. The predicted molar refractivity (Wildman–Crippen MR) is 65.2 cm³/mol. The maximum Gasteiger partial charge on any atom is 0.152 e. The van der Waals surface area contributed by atoms with Crippen LogP contribution in [-0.4, -0.2) is 11.3 Å². The molecule has 0 amide bonds. The molecule has 2 N–H and O–H groups in total. The van der Waals surface area contributed by atoms with E-state index in [0.717, 1.165) is 32.1 Å². The first-order valence-corrected chi connectivity index (χ1v) is 6.07. The molecule has 0 bridgehead atoms. The lowest BCUT2D eigenvalue weighted by molar-refractivity contribution is -0.124. The highest BCUT2D eigenvalue weighted by atomic mass is 16.1. The molecule has 1 fully saturated rings. The molecule has 2 nitrogen and oxygen atoms in total. The molecule has 0 unspecified atom stereocenters. The first-order valence-electron chi connectivity index (χ1n) is 6.07. The minimum Gasteiger partial charge on any atom is -0.319 e. The van der Waals surface area contributed by atoms with Crippen molar-refractivity contribution in [2.24, 2.45) is 5.73 Å². The zero-order chi connectivity index (χ0) is 11.4. The van der Waals surface area contributed by atoms with Crippen molar-refractivity contribution in [2.45, 2.75) is 44.1 Å². The lowest BCUT2D eigenvalue weighted by Gasteiger charge is -2.21. The predicted octanol–water partition coefficient (Wildman–Crippen LogP) is 2.46. The van der Waals surface area contributed by atoms with Crippen LogP contribution in [-0.2, 0) is 11.2 Å². The van der Waals surface area contributed by atoms with E-state index >= 15 is 0 Å². The fraction of sp³-hybridized carbons (Fsp3) is 0.500. The van der Waals surface area contributed by atoms with E-state index in [9.17, 15) is 4.79 Å². The van der Waals surface area contributed by atoms with Crippen LogP contribution in [0.4, 0.5) is 0 Å². The first kappa shape index (κ1) is 11.3. The van der Waals surface area contributed by atoms with E-state index in [2.05, 4.69) is 12.1 Å². The molecule has 0 heterocycles. The van der Waals surface area contributed by atoms with Gasteiger partial charge in [0.15, 0.2) is 5.78 Å². The van der Waals surface area contributed by atoms with Crippen LogP contribution < -0.4 is 5.73 Å². The van der Waals surface area contributed by atoms with E-state index in [4.69, 9.17) is 5.73 Å². The smallest absolute Gasteiger partial charge is 0.152 e. The van der Waals surface area contributed by atoms with Crippen LogP contribution in [0.3, 0.4) is 0 Å². The van der Waals surface area contributed by atoms with E-state index in [0.29, 0.717) is 6.42 Å². The summed E-state index contributed by atoms with van der Waals surface area (Å²) in [5.74, 6) is 0.244. The Morgan fingerprint density at radius 1 is 1.19 bits per heavy atom. The van der Waals surface area contributed by atoms with Gasteiger partial charge in [-0.15, -0.1) is 0 Å². The Morgan fingerprint density at radius 3 is 2.44 bits per heavy atom. The molecule has 1 aliphatic rings. The summed E-state index contributed by atoms with van der Waals surface area (Å²) in [6.07, 6.45) is 5.36. The van der Waals surface area contributed by atoms with Crippen molar-refractivity contribution < 1.29 is 4.79 Å². The SMILES string of the molecule is NC1(C(=O)CCc2ccccc2)CCCC1. The maximum absolute atomic E-state index is 12.0. The summed E-state index contributed by atoms with van der Waals surface area (Å²) in [6, 6.07) is 10.1. The Labute approximate surface area is 96.8 Å². The summed E-state index contributed by atoms with van der Waals surface area (Å²) in [6.45, 7) is 0. The van der Waals surface area contributed by atoms with Crippen LogP contribution in [0.15, 0.2) is 30.3 Å². The van der Waals surface area contributed by atoms with Crippen LogP contribution >= 0.6 is 0 Å². The van der Waals surface area contributed by atoms with Crippen LogP contribution in [0, 0.1) is 0 Å². The summed E-state index contributed by atoms with van der Waals surface area (Å²) in [5, 5.41) is 0. The number of hydrogen-bond acceptors (Lipinski definition) is 2. The van der Waals surface area contributed by atoms with Gasteiger partial charge in [0.2, 0.25) is 0 Å². The molecular weight excluding hydrogens is 198 g/mol. The Hall–Kier alpha value is -1.15. The number of hydrogen-bond donors (Lipinski definition) is 1. The Morgan fingerprint density at radius 2 is 1.81 bits per heavy atom. The van der Waals surface area contributed by atoms with Crippen molar-refractivity contribution in [1.82, 2.24) is 0 Å². The van der Waals surface area contributed by atoms with Crippen molar-refractivity contribution in [3.8, 4) is 0 Å². The summed E-state index contributed by atoms with van der Waals surface area (Å²) in [4.78, 5) is 12.0. The van der Waals surface area contributed by atoms with Gasteiger partial charge in [-0.2, -0.15) is 0 Å². The molecule has 1 saturated carbocycles. The number of carbonyl (C=O) groups is 1. The number of rotatable bonds is 4. The molecule has 2 rings (SSSR count). The molecule has 0 spiro atoms. The topological polar surface area (TPSA) is 43.1 Å². The minimum absolute atomic E-state index is 0.244. The van der Waals surface area contributed by atoms with Gasteiger partial charge in [0, 0.05) is 6.42 Å². The van der Waals surface area contributed by atoms with Gasteiger partial charge >= 0.3 is 0 Å². The molecular formula is C14H19NO. The van der Waals surface area contributed by atoms with E-state index < -0.39 is 5.54 Å². The minimum atomic E-state index is -0.505. The van der Waals surface area contributed by atoms with Gasteiger partial charge in [-0.25, -0.2) is 0 Å². The van der Waals surface area contributed by atoms with Gasteiger partial charge < -0.3 is 5.73 Å². The number of aryl methyl sites for hydroxylation is 1. The Kier molecular flexibility index (Phi) is 3.39. The van der Waals surface area contributed by atoms with Crippen molar-refractivity contribution in [1.29, 1.82) is 0 Å². The fourth-order valence-corrected chi connectivity index (χ4v) is 2.44. The Balaban J connectivity index is 1.89. The quantitative estimate of drug-likeness (QED) is 0.841. The lowest BCUT2D eigenvalue weighted by atomic mass is 9.89. The monoisotopic (exact) mass is 217 g/mol. The molecule has 1 aromatic carbocycles. The molecule has 16 heavy (non-hydrogen) atoms. The van der Waals surface area contributed by atoms with Crippen molar-refractivity contribution in [3.05, 3.63) is 35.9 Å². The third kappa shape index (κ3) is 2.50. The molecule has 0 radical (unpaired) electrons. The second-order valence-electron chi connectivity index (χ2n) is 4.77. The van der Waals surface area contributed by atoms with E-state index in [1.54, 1.807) is 0 Å². The van der Waals surface area contributed by atoms with Crippen LogP contribution in [0.2, 0.25) is 0 Å². The second kappa shape index (κ2) is 4.79. The van der Waals surface area contributed by atoms with Gasteiger partial charge in [0.25, 0.3) is 0 Å². The largest absolute Gasteiger partial charge is 0.319 e. The van der Waals surface area contributed by atoms with Gasteiger partial charge in [-0.05, 0) is 24.8 Å². The number of benzene rings is 1. The third-order valence-corrected chi connectivity index (χ3v) is 3.53. The lowest BCUT2D eigenvalue weighted by Crippen LogP contribution is -2.45. The average Bonchev–Trinajstić information content (AvgIpc) is 2.76. The molecule has 0 atom stereocenters. The first-order chi connectivity index (χ1) is 7.71. The van der Waals surface area contributed by atoms with E-state index in [1.165, 1.54) is 5.56 Å². The second-order valence-corrected chi connectivity index (χ2v) is 4.77. The van der Waals surface area contributed by atoms with Gasteiger partial charge in [0.1, 0.15) is 0 Å². The van der Waals surface area contributed by atoms with Gasteiger partial charge in [0.05, 0.1) is 5.54 Å². The zero-order valence-electron chi connectivity index (χ0n) is 9.61. The van der Waals surface area contributed by atoms with Gasteiger partial charge in [-0.3, -0.25) is 4.79 Å². The number of Topliss-reactive ketones (excluding diaryl/α,β-unsaturated/α-hetero) is 1. The molecule has 0 aromatic heterocycles. The van der Waals surface area contributed by atoms with Crippen LogP contribution in [0.25, 0.3) is 0 Å². The summed E-state index contributed by atoms with van der Waals surface area (Å²) in [5.41, 5.74) is 6.83. The molecule has 2 heteroatoms. The highest BCUT2D eigenvalue weighted by molar-refractivity contribution is 5.88. The van der Waals surface area contributed by atoms with Crippen LogP contribution in [0.1, 0.15) is 37.7 Å². The molecule has 86 valence electrons. The number of carbonyl (C=O) groups excluding carboxylic acids is 1. The number of ketones is 1. The summed E-state index contributed by atoms with van der Waals surface area (Å²) >= 11 is 0. The van der Waals surface area contributed by atoms with Gasteiger partial charge in [-0.1, -0.05) is 43.2 Å².